The summed E-state index contributed by atoms with van der Waals surface area (Å²) >= 11 is 0. The molecule has 0 aromatic heterocycles. The lowest BCUT2D eigenvalue weighted by Gasteiger charge is -2.33. The normalized spacial score (nSPS) is 29.2. The van der Waals surface area contributed by atoms with E-state index in [0.29, 0.717) is 0 Å². The first-order chi connectivity index (χ1) is 13.0. The second kappa shape index (κ2) is 8.59. The van der Waals surface area contributed by atoms with Crippen LogP contribution in [0.5, 0.6) is 0 Å². The number of hydrogen-bond donors (Lipinski definition) is 0. The van der Waals surface area contributed by atoms with Gasteiger partial charge in [0.2, 0.25) is 0 Å². The lowest BCUT2D eigenvalue weighted by atomic mass is 10.3. The van der Waals surface area contributed by atoms with Gasteiger partial charge in [-0.3, -0.25) is 0 Å². The van der Waals surface area contributed by atoms with Crippen molar-refractivity contribution in [1.29, 1.82) is 0 Å². The second-order valence-corrected chi connectivity index (χ2v) is 5.87. The Bertz CT molecular complexity index is 489. The summed E-state index contributed by atoms with van der Waals surface area (Å²) in [7, 11) is 0. The molecule has 0 aromatic rings. The van der Waals surface area contributed by atoms with Gasteiger partial charge >= 0.3 is 18.5 Å². The van der Waals surface area contributed by atoms with E-state index in [9.17, 15) is 14.4 Å². The van der Waals surface area contributed by atoms with Crippen LogP contribution in [-0.4, -0.2) is 82.4 Å². The van der Waals surface area contributed by atoms with Crippen LogP contribution >= 0.6 is 0 Å². The fraction of sp³-hybridized carbons (Fsp3) is 0.800. The number of rotatable bonds is 10. The maximum atomic E-state index is 11.0. The zero-order valence-electron chi connectivity index (χ0n) is 14.6. The van der Waals surface area contributed by atoms with Crippen molar-refractivity contribution in [1.82, 2.24) is 0 Å². The molecule has 0 aromatic carbocycles. The second-order valence-electron chi connectivity index (χ2n) is 5.87. The minimum Gasteiger partial charge on any atom is -0.430 e. The molecule has 152 valence electrons. The first kappa shape index (κ1) is 19.5. The Hall–Kier alpha value is -2.31. The summed E-state index contributed by atoms with van der Waals surface area (Å²) in [6.07, 6.45) is -3.95. The van der Waals surface area contributed by atoms with Crippen molar-refractivity contribution in [3.05, 3.63) is 0 Å². The Morgan fingerprint density at radius 2 is 1.07 bits per heavy atom. The molecule has 3 rings (SSSR count). The van der Waals surface area contributed by atoms with Gasteiger partial charge in [-0.25, -0.2) is 14.4 Å². The highest BCUT2D eigenvalue weighted by atomic mass is 16.9. The molecule has 0 saturated carbocycles. The molecule has 3 heterocycles. The van der Waals surface area contributed by atoms with Gasteiger partial charge in [0.05, 0.1) is 19.8 Å². The number of ether oxygens (including phenoxy) is 9. The molecular formula is C15H20O12. The molecule has 0 spiro atoms. The zero-order valence-corrected chi connectivity index (χ0v) is 14.6. The van der Waals surface area contributed by atoms with Crippen molar-refractivity contribution in [2.45, 2.75) is 37.6 Å². The first-order valence-corrected chi connectivity index (χ1v) is 8.40. The third-order valence-corrected chi connectivity index (χ3v) is 3.85. The summed E-state index contributed by atoms with van der Waals surface area (Å²) in [5.74, 6) is -1.56. The van der Waals surface area contributed by atoms with Gasteiger partial charge in [0.15, 0.2) is 18.3 Å². The van der Waals surface area contributed by atoms with E-state index in [4.69, 9.17) is 42.6 Å². The van der Waals surface area contributed by atoms with Gasteiger partial charge in [-0.1, -0.05) is 6.92 Å². The largest absolute Gasteiger partial charge is 0.508 e. The third kappa shape index (κ3) is 5.34. The van der Waals surface area contributed by atoms with Crippen LogP contribution in [0.1, 0.15) is 13.3 Å². The number of carbonyl (C=O) groups is 3. The maximum Gasteiger partial charge on any atom is 0.508 e. The van der Waals surface area contributed by atoms with E-state index in [0.717, 1.165) is 0 Å². The molecule has 3 saturated heterocycles. The van der Waals surface area contributed by atoms with Crippen LogP contribution < -0.4 is 0 Å². The molecule has 3 fully saturated rings. The summed E-state index contributed by atoms with van der Waals surface area (Å²) in [6.45, 7) is 1.71. The third-order valence-electron chi connectivity index (χ3n) is 3.85. The summed E-state index contributed by atoms with van der Waals surface area (Å²) < 4.78 is 46.0. The van der Waals surface area contributed by atoms with Gasteiger partial charge in [-0.2, -0.15) is 0 Å². The Labute approximate surface area is 153 Å². The Kier molecular flexibility index (Phi) is 6.19. The highest BCUT2D eigenvalue weighted by molar-refractivity contribution is 5.62. The Balaban J connectivity index is 1.56. The van der Waals surface area contributed by atoms with E-state index in [-0.39, 0.29) is 46.1 Å². The molecule has 27 heavy (non-hydrogen) atoms. The summed E-state index contributed by atoms with van der Waals surface area (Å²) in [5.41, 5.74) is 0. The highest BCUT2D eigenvalue weighted by Gasteiger charge is 2.39. The molecule has 12 nitrogen and oxygen atoms in total. The summed E-state index contributed by atoms with van der Waals surface area (Å²) in [6, 6.07) is 0. The van der Waals surface area contributed by atoms with Crippen LogP contribution in [0.3, 0.4) is 0 Å². The van der Waals surface area contributed by atoms with Crippen molar-refractivity contribution in [3.8, 4) is 0 Å². The molecule has 0 bridgehead atoms. The zero-order chi connectivity index (χ0) is 19.3. The van der Waals surface area contributed by atoms with Crippen LogP contribution in [0.4, 0.5) is 14.4 Å². The number of carbonyl (C=O) groups excluding carboxylic acids is 3. The minimum absolute atomic E-state index is 0.0424. The van der Waals surface area contributed by atoms with Crippen LogP contribution in [0.25, 0.3) is 0 Å². The van der Waals surface area contributed by atoms with Gasteiger partial charge in [0.25, 0.3) is 5.97 Å². The smallest absolute Gasteiger partial charge is 0.430 e. The lowest BCUT2D eigenvalue weighted by molar-refractivity contribution is -0.391. The molecule has 3 atom stereocenters. The summed E-state index contributed by atoms with van der Waals surface area (Å²) in [5, 5.41) is 0. The van der Waals surface area contributed by atoms with Gasteiger partial charge in [-0.05, 0) is 0 Å². The molecule has 3 aliphatic heterocycles. The molecule has 0 N–H and O–H groups in total. The molecule has 0 amide bonds. The predicted octanol–water partition coefficient (Wildman–Crippen LogP) is 0.706. The van der Waals surface area contributed by atoms with Crippen molar-refractivity contribution in [3.63, 3.8) is 0 Å². The molecule has 0 radical (unpaired) electrons. The minimum atomic E-state index is -1.56. The fourth-order valence-electron chi connectivity index (χ4n) is 2.43. The van der Waals surface area contributed by atoms with Crippen molar-refractivity contribution >= 4 is 18.5 Å². The maximum absolute atomic E-state index is 11.0. The Morgan fingerprint density at radius 1 is 0.741 bits per heavy atom. The van der Waals surface area contributed by atoms with E-state index >= 15 is 0 Å². The van der Waals surface area contributed by atoms with Gasteiger partial charge in [0, 0.05) is 6.42 Å². The number of cyclic esters (lactones) is 6. The van der Waals surface area contributed by atoms with Crippen LogP contribution in [0.2, 0.25) is 0 Å². The van der Waals surface area contributed by atoms with Crippen LogP contribution in [0.15, 0.2) is 0 Å². The monoisotopic (exact) mass is 392 g/mol. The number of hydrogen-bond acceptors (Lipinski definition) is 12. The topological polar surface area (TPSA) is 134 Å². The van der Waals surface area contributed by atoms with Crippen LogP contribution in [0, 0.1) is 0 Å². The van der Waals surface area contributed by atoms with Crippen molar-refractivity contribution in [2.24, 2.45) is 0 Å². The standard InChI is InChI=1S/C15H20O12/c1-2-15(22-6-9-3-19-12(16)25-9,23-7-10-4-20-13(17)26-10)24-8-11-5-21-14(18)27-11/h9-11H,2-8H2,1H3. The molecule has 3 unspecified atom stereocenters. The van der Waals surface area contributed by atoms with E-state index in [2.05, 4.69) is 0 Å². The fourth-order valence-corrected chi connectivity index (χ4v) is 2.43. The van der Waals surface area contributed by atoms with Crippen molar-refractivity contribution in [2.75, 3.05) is 39.6 Å². The molecule has 3 aliphatic rings. The quantitative estimate of drug-likeness (QED) is 0.294. The van der Waals surface area contributed by atoms with E-state index < -0.39 is 42.8 Å². The molecular weight excluding hydrogens is 372 g/mol. The Morgan fingerprint density at radius 3 is 1.30 bits per heavy atom. The molecule has 12 heteroatoms. The van der Waals surface area contributed by atoms with Gasteiger partial charge in [-0.15, -0.1) is 0 Å². The lowest BCUT2D eigenvalue weighted by Crippen LogP contribution is -2.44. The first-order valence-electron chi connectivity index (χ1n) is 8.40. The van der Waals surface area contributed by atoms with Crippen LogP contribution in [-0.2, 0) is 42.6 Å². The van der Waals surface area contributed by atoms with Gasteiger partial charge < -0.3 is 42.6 Å². The van der Waals surface area contributed by atoms with Gasteiger partial charge in [0.1, 0.15) is 19.8 Å². The molecule has 0 aliphatic carbocycles. The average Bonchev–Trinajstić information content (AvgIpc) is 3.37. The predicted molar refractivity (Wildman–Crippen MR) is 79.5 cm³/mol. The van der Waals surface area contributed by atoms with E-state index in [1.807, 2.05) is 0 Å². The van der Waals surface area contributed by atoms with E-state index in [1.54, 1.807) is 6.92 Å². The summed E-state index contributed by atoms with van der Waals surface area (Å²) in [4.78, 5) is 33.1. The van der Waals surface area contributed by atoms with Crippen molar-refractivity contribution < 1.29 is 57.0 Å². The average molecular weight is 392 g/mol. The highest BCUT2D eigenvalue weighted by Crippen LogP contribution is 2.24. The van der Waals surface area contributed by atoms with E-state index in [1.165, 1.54) is 0 Å². The SMILES string of the molecule is CCC(OCC1COC(=O)O1)(OCC1COC(=O)O1)OCC1COC(=O)O1.